The Kier molecular flexibility index (Phi) is 4.83. The Labute approximate surface area is 172 Å². The molecule has 1 aromatic carbocycles. The van der Waals surface area contributed by atoms with Crippen LogP contribution in [0.5, 0.6) is 0 Å². The highest BCUT2D eigenvalue weighted by atomic mass is 32.2. The van der Waals surface area contributed by atoms with Gasteiger partial charge in [-0.3, -0.25) is 9.80 Å². The van der Waals surface area contributed by atoms with E-state index in [4.69, 9.17) is 0 Å². The van der Waals surface area contributed by atoms with Crippen LogP contribution in [0.2, 0.25) is 0 Å². The van der Waals surface area contributed by atoms with Crippen LogP contribution in [0.15, 0.2) is 6.07 Å². The van der Waals surface area contributed by atoms with E-state index in [0.29, 0.717) is 0 Å². The van der Waals surface area contributed by atoms with E-state index in [0.717, 1.165) is 70.3 Å². The summed E-state index contributed by atoms with van der Waals surface area (Å²) in [6.07, 6.45) is 7.22. The molecule has 2 saturated heterocycles. The summed E-state index contributed by atoms with van der Waals surface area (Å²) in [6.45, 7) is 2.91. The van der Waals surface area contributed by atoms with Gasteiger partial charge < -0.3 is 5.32 Å². The number of nitrogens with zero attached hydrogens (tertiary/aromatic N) is 2. The first-order valence-corrected chi connectivity index (χ1v) is 12.5. The van der Waals surface area contributed by atoms with E-state index in [1.54, 1.807) is 0 Å². The van der Waals surface area contributed by atoms with Gasteiger partial charge in [0.1, 0.15) is 0 Å². The summed E-state index contributed by atoms with van der Waals surface area (Å²) >= 11 is 0. The number of aryl methyl sites for hydroxylation is 2. The molecule has 29 heavy (non-hydrogen) atoms. The Bertz CT molecular complexity index is 913. The summed E-state index contributed by atoms with van der Waals surface area (Å²) in [6, 6.07) is 1.90. The average molecular weight is 419 g/mol. The molecule has 5 rings (SSSR count). The van der Waals surface area contributed by atoms with E-state index < -0.39 is 16.1 Å². The van der Waals surface area contributed by atoms with Crippen LogP contribution in [-0.2, 0) is 35.7 Å². The first-order valence-electron chi connectivity index (χ1n) is 10.8. The Hall–Kier alpha value is -1.64. The molecule has 1 aromatic rings. The number of urea groups is 1. The van der Waals surface area contributed by atoms with Crippen molar-refractivity contribution in [3.8, 4) is 0 Å². The number of hydrogen-bond donors (Lipinski definition) is 2. The molecule has 2 heterocycles. The number of piperazine rings is 1. The number of anilines is 1. The third-order valence-corrected chi connectivity index (χ3v) is 8.56. The van der Waals surface area contributed by atoms with Gasteiger partial charge in [-0.2, -0.15) is 0 Å². The molecule has 0 saturated carbocycles. The predicted molar refractivity (Wildman–Crippen MR) is 113 cm³/mol. The van der Waals surface area contributed by atoms with Crippen molar-refractivity contribution in [2.45, 2.75) is 57.0 Å². The van der Waals surface area contributed by atoms with E-state index in [-0.39, 0.29) is 17.8 Å². The summed E-state index contributed by atoms with van der Waals surface area (Å²) in [7, 11) is -1.74. The van der Waals surface area contributed by atoms with Crippen molar-refractivity contribution in [1.29, 1.82) is 0 Å². The van der Waals surface area contributed by atoms with Crippen LogP contribution in [0.3, 0.4) is 0 Å². The second-order valence-electron chi connectivity index (χ2n) is 9.01. The number of nitrogens with one attached hydrogen (secondary N) is 2. The van der Waals surface area contributed by atoms with Gasteiger partial charge in [0.15, 0.2) is 0 Å². The number of fused-ring (bicyclic) bond motifs is 3. The minimum atomic E-state index is -3.71. The molecule has 0 aromatic heterocycles. The highest BCUT2D eigenvalue weighted by Crippen LogP contribution is 2.38. The first-order chi connectivity index (χ1) is 13.9. The minimum absolute atomic E-state index is 0.0386. The van der Waals surface area contributed by atoms with Gasteiger partial charge in [0, 0.05) is 37.4 Å². The van der Waals surface area contributed by atoms with E-state index in [2.05, 4.69) is 25.9 Å². The molecule has 2 N–H and O–H groups in total. The molecule has 2 fully saturated rings. The quantitative estimate of drug-likeness (QED) is 0.775. The molecule has 0 bridgehead atoms. The van der Waals surface area contributed by atoms with Crippen LogP contribution in [0, 0.1) is 0 Å². The fourth-order valence-electron chi connectivity index (χ4n) is 5.67. The average Bonchev–Trinajstić information content (AvgIpc) is 3.27. The fourth-order valence-corrected chi connectivity index (χ4v) is 7.02. The van der Waals surface area contributed by atoms with Crippen LogP contribution in [0.25, 0.3) is 0 Å². The molecule has 0 radical (unpaired) electrons. The highest BCUT2D eigenvalue weighted by Gasteiger charge is 2.42. The van der Waals surface area contributed by atoms with Crippen LogP contribution in [0.4, 0.5) is 10.5 Å². The number of benzene rings is 1. The third kappa shape index (κ3) is 3.55. The lowest BCUT2D eigenvalue weighted by atomic mass is 9.92. The molecule has 4 aliphatic rings. The molecule has 2 atom stereocenters. The van der Waals surface area contributed by atoms with Crippen molar-refractivity contribution in [3.05, 3.63) is 28.3 Å². The standard InChI is InChI=1S/C21H30N4O3S/c1-24-10-11-25-9-8-18(25)19(24)13-29(27,28)23-21(26)22-20-16-6-2-4-14(16)12-15-5-3-7-17(15)20/h12,18-19H,2-11,13H2,1H3,(H2,22,23,26). The maximum Gasteiger partial charge on any atom is 0.332 e. The van der Waals surface area contributed by atoms with Gasteiger partial charge in [0.25, 0.3) is 0 Å². The predicted octanol–water partition coefficient (Wildman–Crippen LogP) is 1.50. The molecule has 8 heteroatoms. The number of hydrogen-bond acceptors (Lipinski definition) is 5. The monoisotopic (exact) mass is 418 g/mol. The minimum Gasteiger partial charge on any atom is -0.307 e. The summed E-state index contributed by atoms with van der Waals surface area (Å²) in [4.78, 5) is 17.1. The Morgan fingerprint density at radius 2 is 1.76 bits per heavy atom. The Morgan fingerprint density at radius 3 is 2.38 bits per heavy atom. The topological polar surface area (TPSA) is 81.8 Å². The molecule has 2 aliphatic carbocycles. The van der Waals surface area contributed by atoms with Gasteiger partial charge in [-0.15, -0.1) is 0 Å². The molecule has 2 amide bonds. The van der Waals surface area contributed by atoms with Gasteiger partial charge in [-0.05, 0) is 74.2 Å². The van der Waals surface area contributed by atoms with Crippen molar-refractivity contribution in [2.24, 2.45) is 0 Å². The number of sulfonamides is 1. The lowest BCUT2D eigenvalue weighted by Crippen LogP contribution is -2.66. The normalized spacial score (nSPS) is 26.4. The second-order valence-corrected chi connectivity index (χ2v) is 10.8. The number of rotatable bonds is 4. The fraction of sp³-hybridized carbons (Fsp3) is 0.667. The van der Waals surface area contributed by atoms with Crippen LogP contribution in [0.1, 0.15) is 41.5 Å². The van der Waals surface area contributed by atoms with Crippen molar-refractivity contribution < 1.29 is 13.2 Å². The highest BCUT2D eigenvalue weighted by molar-refractivity contribution is 7.90. The molecule has 2 unspecified atom stereocenters. The van der Waals surface area contributed by atoms with Crippen molar-refractivity contribution in [1.82, 2.24) is 14.5 Å². The van der Waals surface area contributed by atoms with Crippen LogP contribution < -0.4 is 10.0 Å². The van der Waals surface area contributed by atoms with E-state index in [1.807, 2.05) is 7.05 Å². The van der Waals surface area contributed by atoms with E-state index in [1.165, 1.54) is 22.3 Å². The zero-order valence-electron chi connectivity index (χ0n) is 17.0. The molecule has 158 valence electrons. The van der Waals surface area contributed by atoms with Gasteiger partial charge in [0.05, 0.1) is 5.75 Å². The molecular weight excluding hydrogens is 388 g/mol. The summed E-state index contributed by atoms with van der Waals surface area (Å²) in [5.41, 5.74) is 5.92. The molecular formula is C21H30N4O3S. The maximum absolute atomic E-state index is 12.8. The lowest BCUT2D eigenvalue weighted by molar-refractivity contribution is -0.0210. The SMILES string of the molecule is CN1CCN2CCC2C1CS(=O)(=O)NC(=O)Nc1c2c(cc3c1CCC3)CCC2. The smallest absolute Gasteiger partial charge is 0.307 e. The van der Waals surface area contributed by atoms with Crippen LogP contribution in [-0.4, -0.2) is 68.8 Å². The zero-order chi connectivity index (χ0) is 20.2. The van der Waals surface area contributed by atoms with Crippen molar-refractivity contribution in [3.63, 3.8) is 0 Å². The van der Waals surface area contributed by atoms with Gasteiger partial charge >= 0.3 is 6.03 Å². The van der Waals surface area contributed by atoms with Crippen molar-refractivity contribution in [2.75, 3.05) is 37.8 Å². The summed E-state index contributed by atoms with van der Waals surface area (Å²) < 4.78 is 27.8. The molecule has 0 spiro atoms. The number of amides is 2. The largest absolute Gasteiger partial charge is 0.332 e. The number of carbonyl (C=O) groups excluding carboxylic acids is 1. The number of likely N-dealkylation sites (N-methyl/N-ethyl adjacent to an activating group) is 1. The molecule has 2 aliphatic heterocycles. The van der Waals surface area contributed by atoms with Crippen LogP contribution >= 0.6 is 0 Å². The maximum atomic E-state index is 12.8. The van der Waals surface area contributed by atoms with Gasteiger partial charge in [0.2, 0.25) is 10.0 Å². The Morgan fingerprint density at radius 1 is 1.07 bits per heavy atom. The Balaban J connectivity index is 1.30. The van der Waals surface area contributed by atoms with E-state index >= 15 is 0 Å². The zero-order valence-corrected chi connectivity index (χ0v) is 17.9. The summed E-state index contributed by atoms with van der Waals surface area (Å²) in [5, 5.41) is 2.93. The third-order valence-electron chi connectivity index (χ3n) is 7.28. The first kappa shape index (κ1) is 19.3. The van der Waals surface area contributed by atoms with Crippen molar-refractivity contribution >= 4 is 21.7 Å². The van der Waals surface area contributed by atoms with Gasteiger partial charge in [-0.1, -0.05) is 6.07 Å². The van der Waals surface area contributed by atoms with E-state index in [9.17, 15) is 13.2 Å². The second kappa shape index (κ2) is 7.25. The lowest BCUT2D eigenvalue weighted by Gasteiger charge is -2.52. The molecule has 7 nitrogen and oxygen atoms in total. The summed E-state index contributed by atoms with van der Waals surface area (Å²) in [5.74, 6) is -0.0386. The number of carbonyl (C=O) groups is 1. The van der Waals surface area contributed by atoms with Gasteiger partial charge in [-0.25, -0.2) is 17.9 Å².